The number of hydrogen-bond acceptors (Lipinski definition) is 6. The number of aryl methyl sites for hydroxylation is 1. The first-order chi connectivity index (χ1) is 11.8. The van der Waals surface area contributed by atoms with Crippen molar-refractivity contribution in [2.45, 2.75) is 68.2 Å². The van der Waals surface area contributed by atoms with Crippen LogP contribution in [0.3, 0.4) is 0 Å². The van der Waals surface area contributed by atoms with Crippen LogP contribution in [0.5, 0.6) is 0 Å². The third kappa shape index (κ3) is 3.70. The van der Waals surface area contributed by atoms with Crippen molar-refractivity contribution < 1.29 is 18.0 Å². The van der Waals surface area contributed by atoms with Gasteiger partial charge in [-0.05, 0) is 32.1 Å². The van der Waals surface area contributed by atoms with E-state index in [1.165, 1.54) is 4.90 Å². The molecule has 2 fully saturated rings. The van der Waals surface area contributed by atoms with Gasteiger partial charge >= 0.3 is 4.87 Å². The van der Waals surface area contributed by atoms with E-state index in [4.69, 9.17) is 0 Å². The van der Waals surface area contributed by atoms with Gasteiger partial charge in [-0.2, -0.15) is 0 Å². The van der Waals surface area contributed by atoms with Gasteiger partial charge in [-0.1, -0.05) is 18.3 Å². The van der Waals surface area contributed by atoms with E-state index in [1.54, 1.807) is 6.92 Å². The first-order valence-electron chi connectivity index (χ1n) is 8.41. The molecule has 25 heavy (non-hydrogen) atoms. The molecule has 1 aromatic rings. The number of aromatic nitrogens is 1. The number of rotatable bonds is 5. The number of thiazole rings is 1. The summed E-state index contributed by atoms with van der Waals surface area (Å²) < 4.78 is 27.8. The third-order valence-corrected chi connectivity index (χ3v) is 7.76. The van der Waals surface area contributed by atoms with Crippen molar-refractivity contribution in [1.82, 2.24) is 14.6 Å². The molecule has 1 aromatic heterocycles. The molecule has 0 aromatic carbocycles. The molecule has 1 aliphatic heterocycles. The fourth-order valence-electron chi connectivity index (χ4n) is 3.52. The van der Waals surface area contributed by atoms with E-state index in [2.05, 4.69) is 9.71 Å². The average molecular weight is 387 g/mol. The lowest BCUT2D eigenvalue weighted by Gasteiger charge is -2.33. The van der Waals surface area contributed by atoms with Crippen molar-refractivity contribution in [3.05, 3.63) is 15.4 Å². The van der Waals surface area contributed by atoms with Crippen LogP contribution in [0.15, 0.2) is 9.00 Å². The molecule has 2 aliphatic rings. The molecule has 0 atom stereocenters. The maximum Gasteiger partial charge on any atom is 0.306 e. The van der Waals surface area contributed by atoms with Crippen LogP contribution in [0.2, 0.25) is 0 Å². The lowest BCUT2D eigenvalue weighted by atomic mass is 9.91. The maximum absolute atomic E-state index is 12.6. The highest BCUT2D eigenvalue weighted by molar-refractivity contribution is 7.91. The molecule has 1 saturated heterocycles. The molecule has 138 valence electrons. The van der Waals surface area contributed by atoms with Crippen LogP contribution < -0.4 is 9.60 Å². The number of hydrogen-bond donors (Lipinski definition) is 2. The summed E-state index contributed by atoms with van der Waals surface area (Å²) in [5.41, 5.74) is 0.421. The summed E-state index contributed by atoms with van der Waals surface area (Å²) >= 11 is 0.697. The van der Waals surface area contributed by atoms with Gasteiger partial charge in [-0.3, -0.25) is 19.3 Å². The monoisotopic (exact) mass is 387 g/mol. The normalized spacial score (nSPS) is 24.9. The van der Waals surface area contributed by atoms with Crippen LogP contribution >= 0.6 is 11.3 Å². The molecular weight excluding hydrogens is 366 g/mol. The van der Waals surface area contributed by atoms with Crippen LogP contribution in [0, 0.1) is 0 Å². The molecule has 0 unspecified atom stereocenters. The second-order valence-electron chi connectivity index (χ2n) is 6.42. The second-order valence-corrected chi connectivity index (χ2v) is 9.31. The molecule has 0 radical (unpaired) electrons. The van der Waals surface area contributed by atoms with E-state index in [-0.39, 0.29) is 45.8 Å². The van der Waals surface area contributed by atoms with Crippen molar-refractivity contribution in [1.29, 1.82) is 0 Å². The molecule has 2 amide bonds. The number of imide groups is 1. The summed E-state index contributed by atoms with van der Waals surface area (Å²) in [7, 11) is -3.75. The first-order valence-corrected chi connectivity index (χ1v) is 10.7. The summed E-state index contributed by atoms with van der Waals surface area (Å²) in [5, 5.41) is 0. The van der Waals surface area contributed by atoms with Gasteiger partial charge in [-0.15, -0.1) is 0 Å². The average Bonchev–Trinajstić information content (AvgIpc) is 3.11. The Labute approximate surface area is 149 Å². The molecule has 1 saturated carbocycles. The largest absolute Gasteiger partial charge is 0.315 e. The van der Waals surface area contributed by atoms with Crippen LogP contribution in [0.1, 0.15) is 51.1 Å². The molecule has 2 N–H and O–H groups in total. The minimum Gasteiger partial charge on any atom is -0.315 e. The number of amides is 2. The zero-order valence-corrected chi connectivity index (χ0v) is 15.5. The van der Waals surface area contributed by atoms with Gasteiger partial charge in [0.2, 0.25) is 11.8 Å². The Kier molecular flexibility index (Phi) is 5.12. The number of aromatic amines is 1. The van der Waals surface area contributed by atoms with E-state index in [0.717, 1.165) is 0 Å². The Morgan fingerprint density at radius 3 is 2.28 bits per heavy atom. The number of nitrogens with zero attached hydrogens (tertiary/aromatic N) is 1. The molecule has 0 bridgehead atoms. The Hall–Kier alpha value is -1.52. The zero-order chi connectivity index (χ0) is 18.2. The summed E-state index contributed by atoms with van der Waals surface area (Å²) in [6.07, 6.45) is 3.28. The highest BCUT2D eigenvalue weighted by Gasteiger charge is 2.37. The number of carbonyl (C=O) groups is 2. The number of carbonyl (C=O) groups excluding carboxylic acids is 2. The second kappa shape index (κ2) is 7.00. The van der Waals surface area contributed by atoms with Gasteiger partial charge in [0, 0.05) is 30.6 Å². The fourth-order valence-corrected chi connectivity index (χ4v) is 6.29. The number of nitrogens with one attached hydrogen (secondary N) is 2. The number of sulfonamides is 1. The zero-order valence-electron chi connectivity index (χ0n) is 13.9. The smallest absolute Gasteiger partial charge is 0.306 e. The van der Waals surface area contributed by atoms with E-state index < -0.39 is 10.0 Å². The molecule has 10 heteroatoms. The summed E-state index contributed by atoms with van der Waals surface area (Å²) in [6.45, 7) is 1.78. The molecule has 0 spiro atoms. The third-order valence-electron chi connectivity index (χ3n) is 4.76. The highest BCUT2D eigenvalue weighted by Crippen LogP contribution is 2.28. The van der Waals surface area contributed by atoms with E-state index in [9.17, 15) is 22.8 Å². The minimum absolute atomic E-state index is 0.0482. The predicted octanol–water partition coefficient (Wildman–Crippen LogP) is 0.737. The van der Waals surface area contributed by atoms with E-state index in [1.807, 2.05) is 0 Å². The van der Waals surface area contributed by atoms with Gasteiger partial charge < -0.3 is 4.98 Å². The fraction of sp³-hybridized carbons (Fsp3) is 0.667. The molecule has 1 aliphatic carbocycles. The van der Waals surface area contributed by atoms with Gasteiger partial charge in [0.1, 0.15) is 0 Å². The van der Waals surface area contributed by atoms with Gasteiger partial charge in [-0.25, -0.2) is 13.1 Å². The topological polar surface area (TPSA) is 116 Å². The van der Waals surface area contributed by atoms with Gasteiger partial charge in [0.05, 0.1) is 0 Å². The summed E-state index contributed by atoms with van der Waals surface area (Å²) in [4.78, 5) is 38.6. The van der Waals surface area contributed by atoms with Crippen molar-refractivity contribution >= 4 is 33.2 Å². The first kappa shape index (κ1) is 18.3. The van der Waals surface area contributed by atoms with Crippen molar-refractivity contribution in [3.8, 4) is 0 Å². The van der Waals surface area contributed by atoms with Gasteiger partial charge in [0.15, 0.2) is 4.21 Å². The van der Waals surface area contributed by atoms with Gasteiger partial charge in [0.25, 0.3) is 10.0 Å². The van der Waals surface area contributed by atoms with Crippen LogP contribution in [-0.2, 0) is 26.0 Å². The van der Waals surface area contributed by atoms with Crippen LogP contribution in [0.4, 0.5) is 0 Å². The van der Waals surface area contributed by atoms with Crippen molar-refractivity contribution in [2.24, 2.45) is 0 Å². The van der Waals surface area contributed by atoms with Crippen LogP contribution in [0.25, 0.3) is 0 Å². The Morgan fingerprint density at radius 1 is 1.12 bits per heavy atom. The standard InChI is InChI=1S/C15H21N3O5S2/c1-2-11-14(24-15(21)16-11)25(22,23)17-9-3-5-10(6-4-9)18-12(19)7-8-13(18)20/h9-10,17H,2-8H2,1H3,(H,16,21). The predicted molar refractivity (Wildman–Crippen MR) is 91.8 cm³/mol. The van der Waals surface area contributed by atoms with E-state index in [0.29, 0.717) is 49.1 Å². The number of H-pyrrole nitrogens is 1. The minimum atomic E-state index is -3.75. The lowest BCUT2D eigenvalue weighted by Crippen LogP contribution is -2.45. The number of likely N-dealkylation sites (tertiary alicyclic amines) is 1. The SMILES string of the molecule is CCc1[nH]c(=O)sc1S(=O)(=O)NC1CCC(N2C(=O)CCC2=O)CC1. The van der Waals surface area contributed by atoms with E-state index >= 15 is 0 Å². The Morgan fingerprint density at radius 2 is 1.72 bits per heavy atom. The lowest BCUT2D eigenvalue weighted by molar-refractivity contribution is -0.141. The molecule has 3 rings (SSSR count). The van der Waals surface area contributed by atoms with Crippen molar-refractivity contribution in [3.63, 3.8) is 0 Å². The molecular formula is C15H21N3O5S2. The summed E-state index contributed by atoms with van der Waals surface area (Å²) in [6, 6.07) is -0.381. The Balaban J connectivity index is 1.64. The maximum atomic E-state index is 12.6. The quantitative estimate of drug-likeness (QED) is 0.723. The highest BCUT2D eigenvalue weighted by atomic mass is 32.2. The van der Waals surface area contributed by atoms with Crippen molar-refractivity contribution in [2.75, 3.05) is 0 Å². The summed E-state index contributed by atoms with van der Waals surface area (Å²) in [5.74, 6) is -0.252. The molecule has 8 nitrogen and oxygen atoms in total. The molecule has 2 heterocycles. The van der Waals surface area contributed by atoms with Crippen LogP contribution in [-0.4, -0.2) is 42.2 Å². The Bertz CT molecular complexity index is 818.